The standard InChI is InChI=1S/C17H12ClN3S3/c1-22-13-3-2-4-14-15(13)20-17(24-14)21-16-19-12(9-23-16)10-5-7-11(18)8-6-10/h2-9H,1H3,(H,19,20,21). The van der Waals surface area contributed by atoms with Gasteiger partial charge in [0.2, 0.25) is 0 Å². The normalized spacial score (nSPS) is 11.1. The van der Waals surface area contributed by atoms with Crippen molar-refractivity contribution in [1.29, 1.82) is 0 Å². The van der Waals surface area contributed by atoms with E-state index in [-0.39, 0.29) is 0 Å². The van der Waals surface area contributed by atoms with E-state index in [0.29, 0.717) is 0 Å². The molecule has 4 aromatic rings. The SMILES string of the molecule is CSc1cccc2sc(Nc3nc(-c4ccc(Cl)cc4)cs3)nc12. The fourth-order valence-electron chi connectivity index (χ4n) is 2.32. The Balaban J connectivity index is 1.61. The van der Waals surface area contributed by atoms with E-state index in [0.717, 1.165) is 32.1 Å². The minimum atomic E-state index is 0.728. The van der Waals surface area contributed by atoms with Crippen LogP contribution in [0.4, 0.5) is 10.3 Å². The molecule has 0 spiro atoms. The maximum Gasteiger partial charge on any atom is 0.190 e. The van der Waals surface area contributed by atoms with Gasteiger partial charge in [-0.3, -0.25) is 0 Å². The van der Waals surface area contributed by atoms with Crippen molar-refractivity contribution in [2.75, 3.05) is 11.6 Å². The first-order valence-corrected chi connectivity index (χ1v) is 10.4. The van der Waals surface area contributed by atoms with Gasteiger partial charge in [-0.1, -0.05) is 41.1 Å². The van der Waals surface area contributed by atoms with Gasteiger partial charge >= 0.3 is 0 Å². The van der Waals surface area contributed by atoms with E-state index in [1.807, 2.05) is 29.6 Å². The maximum atomic E-state index is 5.94. The Kier molecular flexibility index (Phi) is 4.45. The largest absolute Gasteiger partial charge is 0.307 e. The summed E-state index contributed by atoms with van der Waals surface area (Å²) in [5, 5.41) is 7.79. The minimum Gasteiger partial charge on any atom is -0.307 e. The Labute approximate surface area is 156 Å². The number of thiazole rings is 2. The molecular weight excluding hydrogens is 378 g/mol. The lowest BCUT2D eigenvalue weighted by Crippen LogP contribution is -1.88. The highest BCUT2D eigenvalue weighted by Crippen LogP contribution is 2.35. The second-order valence-corrected chi connectivity index (χ2v) is 8.17. The molecule has 0 atom stereocenters. The van der Waals surface area contributed by atoms with Crippen LogP contribution in [-0.4, -0.2) is 16.2 Å². The first-order chi connectivity index (χ1) is 11.7. The Morgan fingerprint density at radius 1 is 1.04 bits per heavy atom. The van der Waals surface area contributed by atoms with Crippen LogP contribution < -0.4 is 5.32 Å². The molecular formula is C17H12ClN3S3. The third kappa shape index (κ3) is 3.15. The molecule has 0 unspecified atom stereocenters. The Bertz CT molecular complexity index is 992. The zero-order valence-corrected chi connectivity index (χ0v) is 15.8. The van der Waals surface area contributed by atoms with Crippen molar-refractivity contribution < 1.29 is 0 Å². The number of aromatic nitrogens is 2. The Hall–Kier alpha value is -1.60. The summed E-state index contributed by atoms with van der Waals surface area (Å²) in [7, 11) is 0. The first kappa shape index (κ1) is 15.9. The highest BCUT2D eigenvalue weighted by Gasteiger charge is 2.10. The molecule has 1 N–H and O–H groups in total. The number of thioether (sulfide) groups is 1. The summed E-state index contributed by atoms with van der Waals surface area (Å²) >= 11 is 10.9. The second-order valence-electron chi connectivity index (χ2n) is 5.00. The van der Waals surface area contributed by atoms with Gasteiger partial charge < -0.3 is 5.32 Å². The van der Waals surface area contributed by atoms with E-state index in [1.54, 1.807) is 34.4 Å². The summed E-state index contributed by atoms with van der Waals surface area (Å²) in [5.74, 6) is 0. The number of halogens is 1. The topological polar surface area (TPSA) is 37.8 Å². The van der Waals surface area contributed by atoms with Crippen LogP contribution in [0, 0.1) is 0 Å². The van der Waals surface area contributed by atoms with Gasteiger partial charge in [0, 0.05) is 20.9 Å². The van der Waals surface area contributed by atoms with E-state index in [9.17, 15) is 0 Å². The van der Waals surface area contributed by atoms with Gasteiger partial charge in [-0.2, -0.15) is 0 Å². The number of hydrogen-bond donors (Lipinski definition) is 1. The second kappa shape index (κ2) is 6.72. The third-order valence-electron chi connectivity index (χ3n) is 3.46. The number of nitrogens with one attached hydrogen (secondary N) is 1. The fourth-order valence-corrected chi connectivity index (χ4v) is 4.75. The zero-order chi connectivity index (χ0) is 16.5. The van der Waals surface area contributed by atoms with Crippen LogP contribution in [-0.2, 0) is 0 Å². The van der Waals surface area contributed by atoms with Crippen LogP contribution >= 0.6 is 46.0 Å². The summed E-state index contributed by atoms with van der Waals surface area (Å²) in [6.45, 7) is 0. The molecule has 24 heavy (non-hydrogen) atoms. The van der Waals surface area contributed by atoms with Crippen molar-refractivity contribution in [3.05, 3.63) is 52.9 Å². The molecule has 0 fully saturated rings. The van der Waals surface area contributed by atoms with Gasteiger partial charge in [-0.05, 0) is 30.5 Å². The smallest absolute Gasteiger partial charge is 0.190 e. The Morgan fingerprint density at radius 3 is 2.67 bits per heavy atom. The Morgan fingerprint density at radius 2 is 1.88 bits per heavy atom. The lowest BCUT2D eigenvalue weighted by molar-refractivity contribution is 1.35. The van der Waals surface area contributed by atoms with Crippen molar-refractivity contribution in [2.45, 2.75) is 4.90 Å². The van der Waals surface area contributed by atoms with E-state index >= 15 is 0 Å². The molecule has 2 heterocycles. The summed E-state index contributed by atoms with van der Waals surface area (Å²) in [6.07, 6.45) is 2.07. The number of benzene rings is 2. The molecule has 0 saturated carbocycles. The molecule has 0 radical (unpaired) electrons. The average Bonchev–Trinajstić information content (AvgIpc) is 3.22. The molecule has 0 bridgehead atoms. The first-order valence-electron chi connectivity index (χ1n) is 7.15. The third-order valence-corrected chi connectivity index (χ3v) is 6.17. The number of rotatable bonds is 4. The van der Waals surface area contributed by atoms with Gasteiger partial charge in [-0.25, -0.2) is 9.97 Å². The van der Waals surface area contributed by atoms with Crippen molar-refractivity contribution >= 4 is 66.5 Å². The van der Waals surface area contributed by atoms with Crippen LogP contribution in [0.15, 0.2) is 52.7 Å². The van der Waals surface area contributed by atoms with Crippen molar-refractivity contribution in [3.63, 3.8) is 0 Å². The quantitative estimate of drug-likeness (QED) is 0.402. The molecule has 3 nitrogen and oxygen atoms in total. The molecule has 2 aromatic carbocycles. The van der Waals surface area contributed by atoms with Gasteiger partial charge in [0.1, 0.15) is 0 Å². The molecule has 2 aromatic heterocycles. The molecule has 0 amide bonds. The molecule has 7 heteroatoms. The van der Waals surface area contributed by atoms with E-state index in [4.69, 9.17) is 16.6 Å². The molecule has 4 rings (SSSR count). The average molecular weight is 390 g/mol. The highest BCUT2D eigenvalue weighted by atomic mass is 35.5. The van der Waals surface area contributed by atoms with Gasteiger partial charge in [-0.15, -0.1) is 23.1 Å². The number of anilines is 2. The van der Waals surface area contributed by atoms with Crippen LogP contribution in [0.25, 0.3) is 21.5 Å². The molecule has 0 saturated heterocycles. The number of nitrogens with zero attached hydrogens (tertiary/aromatic N) is 2. The fraction of sp³-hybridized carbons (Fsp3) is 0.0588. The van der Waals surface area contributed by atoms with E-state index in [1.165, 1.54) is 9.60 Å². The van der Waals surface area contributed by atoms with Crippen molar-refractivity contribution in [3.8, 4) is 11.3 Å². The van der Waals surface area contributed by atoms with Crippen molar-refractivity contribution in [1.82, 2.24) is 9.97 Å². The predicted molar refractivity (Wildman–Crippen MR) is 107 cm³/mol. The summed E-state index contributed by atoms with van der Waals surface area (Å²) < 4.78 is 1.18. The number of hydrogen-bond acceptors (Lipinski definition) is 6. The van der Waals surface area contributed by atoms with E-state index < -0.39 is 0 Å². The summed E-state index contributed by atoms with van der Waals surface area (Å²) in [5.41, 5.74) is 3.04. The lowest BCUT2D eigenvalue weighted by Gasteiger charge is -1.97. The molecule has 0 aliphatic heterocycles. The van der Waals surface area contributed by atoms with E-state index in [2.05, 4.69) is 34.8 Å². The number of fused-ring (bicyclic) bond motifs is 1. The zero-order valence-electron chi connectivity index (χ0n) is 12.6. The van der Waals surface area contributed by atoms with Gasteiger partial charge in [0.25, 0.3) is 0 Å². The van der Waals surface area contributed by atoms with Crippen molar-refractivity contribution in [2.24, 2.45) is 0 Å². The maximum absolute atomic E-state index is 5.94. The molecule has 0 aliphatic carbocycles. The van der Waals surface area contributed by atoms with Crippen LogP contribution in [0.2, 0.25) is 5.02 Å². The molecule has 0 aliphatic rings. The predicted octanol–water partition coefficient (Wildman–Crippen LogP) is 6.54. The van der Waals surface area contributed by atoms with Crippen LogP contribution in [0.5, 0.6) is 0 Å². The summed E-state index contributed by atoms with van der Waals surface area (Å²) in [6, 6.07) is 14.0. The summed E-state index contributed by atoms with van der Waals surface area (Å²) in [4.78, 5) is 10.5. The lowest BCUT2D eigenvalue weighted by atomic mass is 10.2. The monoisotopic (exact) mass is 389 g/mol. The van der Waals surface area contributed by atoms with Crippen LogP contribution in [0.3, 0.4) is 0 Å². The number of para-hydroxylation sites is 1. The minimum absolute atomic E-state index is 0.728. The highest BCUT2D eigenvalue weighted by molar-refractivity contribution is 7.98. The van der Waals surface area contributed by atoms with Crippen LogP contribution in [0.1, 0.15) is 0 Å². The molecule has 120 valence electrons. The van der Waals surface area contributed by atoms with Gasteiger partial charge in [0.05, 0.1) is 15.9 Å². The van der Waals surface area contributed by atoms with Gasteiger partial charge in [0.15, 0.2) is 10.3 Å².